The molecule has 25 heavy (non-hydrogen) atoms. The van der Waals surface area contributed by atoms with Crippen molar-refractivity contribution in [3.63, 3.8) is 0 Å². The lowest BCUT2D eigenvalue weighted by atomic mass is 10.2. The number of nitrogens with one attached hydrogen (secondary N) is 1. The van der Waals surface area contributed by atoms with Crippen molar-refractivity contribution in [2.45, 2.75) is 13.0 Å². The molecule has 1 aromatic carbocycles. The maximum atomic E-state index is 12.3. The summed E-state index contributed by atoms with van der Waals surface area (Å²) in [5.74, 6) is 0.0616. The van der Waals surface area contributed by atoms with E-state index in [9.17, 15) is 9.59 Å². The van der Waals surface area contributed by atoms with Gasteiger partial charge in [-0.3, -0.25) is 14.5 Å². The van der Waals surface area contributed by atoms with Gasteiger partial charge < -0.3 is 14.6 Å². The van der Waals surface area contributed by atoms with Gasteiger partial charge in [0.1, 0.15) is 0 Å². The zero-order chi connectivity index (χ0) is 17.5. The molecule has 3 rings (SSSR count). The van der Waals surface area contributed by atoms with Crippen LogP contribution in [0.2, 0.25) is 0 Å². The third-order valence-electron chi connectivity index (χ3n) is 4.34. The van der Waals surface area contributed by atoms with Gasteiger partial charge in [0.2, 0.25) is 5.91 Å². The SMILES string of the molecule is O=C(NCCC(=O)N1CCN(Cc2ccccc2)CC1)c1ccco1. The lowest BCUT2D eigenvalue weighted by molar-refractivity contribution is -0.132. The summed E-state index contributed by atoms with van der Waals surface area (Å²) in [6, 6.07) is 13.6. The highest BCUT2D eigenvalue weighted by Gasteiger charge is 2.21. The molecule has 2 aromatic rings. The Morgan fingerprint density at radius 3 is 2.44 bits per heavy atom. The molecule has 6 heteroatoms. The largest absolute Gasteiger partial charge is 0.459 e. The number of amides is 2. The lowest BCUT2D eigenvalue weighted by Crippen LogP contribution is -2.48. The van der Waals surface area contributed by atoms with Crippen molar-refractivity contribution in [1.29, 1.82) is 0 Å². The van der Waals surface area contributed by atoms with Gasteiger partial charge in [-0.25, -0.2) is 0 Å². The molecule has 0 radical (unpaired) electrons. The molecule has 1 aromatic heterocycles. The Balaban J connectivity index is 1.36. The van der Waals surface area contributed by atoms with Gasteiger partial charge in [0.05, 0.1) is 6.26 Å². The quantitative estimate of drug-likeness (QED) is 0.869. The molecule has 2 heterocycles. The summed E-state index contributed by atoms with van der Waals surface area (Å²) in [7, 11) is 0. The van der Waals surface area contributed by atoms with Gasteiger partial charge in [0.25, 0.3) is 5.91 Å². The summed E-state index contributed by atoms with van der Waals surface area (Å²) in [5, 5.41) is 2.71. The van der Waals surface area contributed by atoms with Crippen LogP contribution in [0.15, 0.2) is 53.1 Å². The van der Waals surface area contributed by atoms with Gasteiger partial charge >= 0.3 is 0 Å². The third-order valence-corrected chi connectivity index (χ3v) is 4.34. The van der Waals surface area contributed by atoms with Crippen LogP contribution in [0, 0.1) is 0 Å². The van der Waals surface area contributed by atoms with E-state index in [1.54, 1.807) is 12.1 Å². The molecule has 1 fully saturated rings. The van der Waals surface area contributed by atoms with Crippen molar-refractivity contribution in [1.82, 2.24) is 15.1 Å². The number of carbonyl (C=O) groups is 2. The van der Waals surface area contributed by atoms with E-state index in [0.717, 1.165) is 32.7 Å². The number of hydrogen-bond acceptors (Lipinski definition) is 4. The van der Waals surface area contributed by atoms with E-state index in [1.165, 1.54) is 11.8 Å². The van der Waals surface area contributed by atoms with Crippen LogP contribution < -0.4 is 5.32 Å². The first-order valence-electron chi connectivity index (χ1n) is 8.58. The van der Waals surface area contributed by atoms with E-state index in [1.807, 2.05) is 23.1 Å². The highest BCUT2D eigenvalue weighted by Crippen LogP contribution is 2.09. The Morgan fingerprint density at radius 1 is 1.00 bits per heavy atom. The van der Waals surface area contributed by atoms with Crippen molar-refractivity contribution in [2.75, 3.05) is 32.7 Å². The van der Waals surface area contributed by atoms with Crippen LogP contribution in [-0.2, 0) is 11.3 Å². The number of carbonyl (C=O) groups excluding carboxylic acids is 2. The number of nitrogens with zero attached hydrogens (tertiary/aromatic N) is 2. The van der Waals surface area contributed by atoms with Crippen LogP contribution in [-0.4, -0.2) is 54.3 Å². The molecule has 1 saturated heterocycles. The predicted octanol–water partition coefficient (Wildman–Crippen LogP) is 1.74. The van der Waals surface area contributed by atoms with Gasteiger partial charge in [-0.1, -0.05) is 30.3 Å². The molecule has 1 N–H and O–H groups in total. The third kappa shape index (κ3) is 4.93. The topological polar surface area (TPSA) is 65.8 Å². The highest BCUT2D eigenvalue weighted by molar-refractivity contribution is 5.91. The molecule has 2 amide bonds. The van der Waals surface area contributed by atoms with Gasteiger partial charge in [-0.2, -0.15) is 0 Å². The second kappa shape index (κ2) is 8.48. The average molecular weight is 341 g/mol. The van der Waals surface area contributed by atoms with E-state index in [-0.39, 0.29) is 17.6 Å². The fourth-order valence-electron chi connectivity index (χ4n) is 2.93. The zero-order valence-corrected chi connectivity index (χ0v) is 14.2. The Hall–Kier alpha value is -2.60. The summed E-state index contributed by atoms with van der Waals surface area (Å²) in [6.45, 7) is 4.46. The van der Waals surface area contributed by atoms with Crippen LogP contribution >= 0.6 is 0 Å². The summed E-state index contributed by atoms with van der Waals surface area (Å²) >= 11 is 0. The van der Waals surface area contributed by atoms with E-state index < -0.39 is 0 Å². The lowest BCUT2D eigenvalue weighted by Gasteiger charge is -2.34. The number of furan rings is 1. The predicted molar refractivity (Wildman–Crippen MR) is 94.0 cm³/mol. The van der Waals surface area contributed by atoms with Crippen LogP contribution in [0.4, 0.5) is 0 Å². The molecular weight excluding hydrogens is 318 g/mol. The van der Waals surface area contributed by atoms with E-state index in [2.05, 4.69) is 22.3 Å². The number of rotatable bonds is 6. The first-order chi connectivity index (χ1) is 12.2. The molecule has 1 aliphatic heterocycles. The molecular formula is C19H23N3O3. The maximum absolute atomic E-state index is 12.3. The van der Waals surface area contributed by atoms with Crippen molar-refractivity contribution >= 4 is 11.8 Å². The molecule has 0 saturated carbocycles. The Labute approximate surface area is 147 Å². The molecule has 132 valence electrons. The van der Waals surface area contributed by atoms with Gasteiger partial charge in [-0.15, -0.1) is 0 Å². The molecule has 0 bridgehead atoms. The van der Waals surface area contributed by atoms with Crippen molar-refractivity contribution in [3.05, 3.63) is 60.1 Å². The van der Waals surface area contributed by atoms with E-state index in [4.69, 9.17) is 4.42 Å². The Bertz CT molecular complexity index is 677. The smallest absolute Gasteiger partial charge is 0.286 e. The number of benzene rings is 1. The Morgan fingerprint density at radius 2 is 1.76 bits per heavy atom. The minimum atomic E-state index is -0.287. The number of piperazine rings is 1. The van der Waals surface area contributed by atoms with Gasteiger partial charge in [0, 0.05) is 45.7 Å². The van der Waals surface area contributed by atoms with E-state index >= 15 is 0 Å². The summed E-state index contributed by atoms with van der Waals surface area (Å²) in [5.41, 5.74) is 1.29. The minimum absolute atomic E-state index is 0.0825. The molecule has 0 unspecified atom stereocenters. The Kier molecular flexibility index (Phi) is 5.85. The van der Waals surface area contributed by atoms with Crippen LogP contribution in [0.3, 0.4) is 0 Å². The van der Waals surface area contributed by atoms with Gasteiger partial charge in [-0.05, 0) is 17.7 Å². The molecule has 0 atom stereocenters. The van der Waals surface area contributed by atoms with Gasteiger partial charge in [0.15, 0.2) is 5.76 Å². The van der Waals surface area contributed by atoms with Crippen LogP contribution in [0.1, 0.15) is 22.5 Å². The molecule has 6 nitrogen and oxygen atoms in total. The number of hydrogen-bond donors (Lipinski definition) is 1. The fraction of sp³-hybridized carbons (Fsp3) is 0.368. The van der Waals surface area contributed by atoms with Crippen LogP contribution in [0.5, 0.6) is 0 Å². The standard InChI is InChI=1S/C19H23N3O3/c23-18(8-9-20-19(24)17-7-4-14-25-17)22-12-10-21(11-13-22)15-16-5-2-1-3-6-16/h1-7,14H,8-13,15H2,(H,20,24). The first-order valence-corrected chi connectivity index (χ1v) is 8.58. The highest BCUT2D eigenvalue weighted by atomic mass is 16.3. The summed E-state index contributed by atoms with van der Waals surface area (Å²) in [4.78, 5) is 28.2. The summed E-state index contributed by atoms with van der Waals surface area (Å²) < 4.78 is 5.02. The summed E-state index contributed by atoms with van der Waals surface area (Å²) in [6.07, 6.45) is 1.76. The van der Waals surface area contributed by atoms with Crippen molar-refractivity contribution in [2.24, 2.45) is 0 Å². The molecule has 0 spiro atoms. The average Bonchev–Trinajstić information content (AvgIpc) is 3.18. The maximum Gasteiger partial charge on any atom is 0.286 e. The second-order valence-corrected chi connectivity index (χ2v) is 6.13. The fourth-order valence-corrected chi connectivity index (χ4v) is 2.93. The van der Waals surface area contributed by atoms with Crippen LogP contribution in [0.25, 0.3) is 0 Å². The van der Waals surface area contributed by atoms with Crippen molar-refractivity contribution < 1.29 is 14.0 Å². The monoisotopic (exact) mass is 341 g/mol. The van der Waals surface area contributed by atoms with Crippen molar-refractivity contribution in [3.8, 4) is 0 Å². The van der Waals surface area contributed by atoms with E-state index in [0.29, 0.717) is 13.0 Å². The molecule has 1 aliphatic rings. The minimum Gasteiger partial charge on any atom is -0.459 e. The second-order valence-electron chi connectivity index (χ2n) is 6.13. The molecule has 0 aliphatic carbocycles. The zero-order valence-electron chi connectivity index (χ0n) is 14.2. The first kappa shape index (κ1) is 17.2. The normalized spacial score (nSPS) is 15.1.